The zero-order valence-corrected chi connectivity index (χ0v) is 16.3. The topological polar surface area (TPSA) is 47.1 Å². The van der Waals surface area contributed by atoms with Gasteiger partial charge in [-0.3, -0.25) is 0 Å². The first-order valence-corrected chi connectivity index (χ1v) is 10.4. The van der Waals surface area contributed by atoms with Gasteiger partial charge in [0.15, 0.2) is 11.6 Å². The first-order valence-electron chi connectivity index (χ1n) is 9.21. The van der Waals surface area contributed by atoms with Crippen LogP contribution in [0.5, 0.6) is 0 Å². The van der Waals surface area contributed by atoms with Gasteiger partial charge in [-0.05, 0) is 70.4 Å². The van der Waals surface area contributed by atoms with Crippen molar-refractivity contribution in [1.29, 1.82) is 0 Å². The van der Waals surface area contributed by atoms with Crippen molar-refractivity contribution in [2.24, 2.45) is 5.92 Å². The summed E-state index contributed by atoms with van der Waals surface area (Å²) in [5, 5.41) is 3.56. The fraction of sp³-hybridized carbons (Fsp3) is 0.684. The minimum atomic E-state index is -1.32. The molecule has 0 saturated carbocycles. The molecule has 0 unspecified atom stereocenters. The highest BCUT2D eigenvalue weighted by Crippen LogP contribution is 2.34. The van der Waals surface area contributed by atoms with Crippen LogP contribution >= 0.6 is 0 Å². The van der Waals surface area contributed by atoms with Gasteiger partial charge in [-0.2, -0.15) is 0 Å². The van der Waals surface area contributed by atoms with Gasteiger partial charge in [0, 0.05) is 29.5 Å². The van der Waals surface area contributed by atoms with E-state index in [1.807, 2.05) is 20.8 Å². The van der Waals surface area contributed by atoms with Crippen LogP contribution in [0.15, 0.2) is 12.1 Å². The van der Waals surface area contributed by atoms with Crippen LogP contribution in [0, 0.1) is 23.4 Å². The van der Waals surface area contributed by atoms with Crippen molar-refractivity contribution in [1.82, 2.24) is 10.0 Å². The van der Waals surface area contributed by atoms with E-state index >= 15 is 0 Å². The van der Waals surface area contributed by atoms with Crippen LogP contribution in [0.25, 0.3) is 0 Å². The van der Waals surface area contributed by atoms with E-state index in [-0.39, 0.29) is 23.9 Å². The smallest absolute Gasteiger partial charge is 0.161 e. The molecule has 0 spiro atoms. The average molecular weight is 388 g/mol. The molecule has 26 heavy (non-hydrogen) atoms. The SMILES string of the molecule is CC(C)(C)[S@+]([O-])N[C@H](Cc1cc(F)c(F)cc1F)[C@@H]1C[C@H]2CC[C@@H](C1)N2. The molecular formula is C19H27F3N2OS. The van der Waals surface area contributed by atoms with E-state index in [9.17, 15) is 17.7 Å². The lowest BCUT2D eigenvalue weighted by Crippen LogP contribution is -2.52. The molecule has 7 heteroatoms. The molecule has 3 nitrogen and oxygen atoms in total. The summed E-state index contributed by atoms with van der Waals surface area (Å²) in [4.78, 5) is 0. The Kier molecular flexibility index (Phi) is 5.92. The van der Waals surface area contributed by atoms with Crippen LogP contribution in [0.3, 0.4) is 0 Å². The fourth-order valence-corrected chi connectivity index (χ4v) is 4.91. The highest BCUT2D eigenvalue weighted by atomic mass is 32.2. The summed E-state index contributed by atoms with van der Waals surface area (Å²) in [6.07, 6.45) is 4.27. The maximum absolute atomic E-state index is 14.2. The fourth-order valence-electron chi connectivity index (χ4n) is 4.01. The zero-order chi connectivity index (χ0) is 19.1. The summed E-state index contributed by atoms with van der Waals surface area (Å²) >= 11 is -1.32. The van der Waals surface area contributed by atoms with Crippen LogP contribution < -0.4 is 10.0 Å². The Morgan fingerprint density at radius 3 is 2.27 bits per heavy atom. The zero-order valence-electron chi connectivity index (χ0n) is 15.5. The van der Waals surface area contributed by atoms with Crippen LogP contribution in [0.4, 0.5) is 13.2 Å². The molecule has 2 bridgehead atoms. The number of halogens is 3. The summed E-state index contributed by atoms with van der Waals surface area (Å²) in [5.41, 5.74) is 0.123. The van der Waals surface area contributed by atoms with Gasteiger partial charge in [-0.25, -0.2) is 13.2 Å². The average Bonchev–Trinajstić information content (AvgIpc) is 2.88. The van der Waals surface area contributed by atoms with E-state index in [4.69, 9.17) is 0 Å². The van der Waals surface area contributed by atoms with Gasteiger partial charge >= 0.3 is 0 Å². The van der Waals surface area contributed by atoms with Crippen LogP contribution in [-0.4, -0.2) is 27.4 Å². The molecule has 2 fully saturated rings. The van der Waals surface area contributed by atoms with Crippen LogP contribution in [-0.2, 0) is 17.8 Å². The summed E-state index contributed by atoms with van der Waals surface area (Å²) in [6, 6.07) is 2.13. The molecule has 0 aromatic heterocycles. The quantitative estimate of drug-likeness (QED) is 0.599. The van der Waals surface area contributed by atoms with Crippen molar-refractivity contribution in [3.05, 3.63) is 35.1 Å². The maximum Gasteiger partial charge on any atom is 0.161 e. The molecular weight excluding hydrogens is 361 g/mol. The second kappa shape index (κ2) is 7.70. The first-order chi connectivity index (χ1) is 12.1. The summed E-state index contributed by atoms with van der Waals surface area (Å²) in [7, 11) is 0. The molecule has 0 aliphatic carbocycles. The Morgan fingerprint density at radius 1 is 1.12 bits per heavy atom. The minimum Gasteiger partial charge on any atom is -0.598 e. The Labute approximate surface area is 156 Å². The van der Waals surface area contributed by atoms with Gasteiger partial charge in [0.2, 0.25) is 0 Å². The Balaban J connectivity index is 1.82. The normalized spacial score (nSPS) is 28.2. The second-order valence-electron chi connectivity index (χ2n) is 8.54. The Hall–Kier alpha value is -0.760. The molecule has 0 amide bonds. The molecule has 146 valence electrons. The minimum absolute atomic E-state index is 0.123. The number of fused-ring (bicyclic) bond motifs is 2. The van der Waals surface area contributed by atoms with E-state index in [1.165, 1.54) is 0 Å². The van der Waals surface area contributed by atoms with Gasteiger partial charge in [0.25, 0.3) is 0 Å². The van der Waals surface area contributed by atoms with Gasteiger partial charge in [-0.15, -0.1) is 4.72 Å². The number of nitrogens with one attached hydrogen (secondary N) is 2. The predicted octanol–water partition coefficient (Wildman–Crippen LogP) is 3.60. The first kappa shape index (κ1) is 20.0. The summed E-state index contributed by atoms with van der Waals surface area (Å²) < 4.78 is 56.4. The maximum atomic E-state index is 14.2. The lowest BCUT2D eigenvalue weighted by Gasteiger charge is -2.37. The molecule has 5 atom stereocenters. The van der Waals surface area contributed by atoms with Crippen molar-refractivity contribution in [3.8, 4) is 0 Å². The molecule has 0 radical (unpaired) electrons. The molecule has 2 heterocycles. The Bertz CT molecular complexity index is 640. The van der Waals surface area contributed by atoms with Crippen molar-refractivity contribution in [2.75, 3.05) is 0 Å². The number of piperidine rings is 1. The number of rotatable bonds is 5. The predicted molar refractivity (Wildman–Crippen MR) is 97.5 cm³/mol. The van der Waals surface area contributed by atoms with E-state index in [2.05, 4.69) is 10.0 Å². The third-order valence-corrected chi connectivity index (χ3v) is 7.05. The summed E-state index contributed by atoms with van der Waals surface area (Å²) in [5.74, 6) is -2.78. The van der Waals surface area contributed by atoms with Gasteiger partial charge in [-0.1, -0.05) is 0 Å². The highest BCUT2D eigenvalue weighted by molar-refractivity contribution is 7.90. The monoisotopic (exact) mass is 388 g/mol. The molecule has 2 N–H and O–H groups in total. The van der Waals surface area contributed by atoms with Gasteiger partial charge in [0.05, 0.1) is 6.04 Å². The molecule has 3 rings (SSSR count). The van der Waals surface area contributed by atoms with E-state index < -0.39 is 33.6 Å². The van der Waals surface area contributed by atoms with E-state index in [0.717, 1.165) is 31.7 Å². The standard InChI is InChI=1S/C19H27F3N2OS/c1-19(2,3)26(25)24-18(12-6-13-4-5-14(7-12)23-13)9-11-8-16(21)17(22)10-15(11)20/h8,10,12-14,18,23-24H,4-7,9H2,1-3H3/t12-,13-,14+,18-,26+/m1/s1. The van der Waals surface area contributed by atoms with Crippen molar-refractivity contribution < 1.29 is 17.7 Å². The summed E-state index contributed by atoms with van der Waals surface area (Å²) in [6.45, 7) is 5.62. The van der Waals surface area contributed by atoms with E-state index in [0.29, 0.717) is 18.2 Å². The molecule has 1 aromatic rings. The van der Waals surface area contributed by atoms with Gasteiger partial charge < -0.3 is 9.87 Å². The second-order valence-corrected chi connectivity index (χ2v) is 10.5. The van der Waals surface area contributed by atoms with Crippen molar-refractivity contribution in [2.45, 2.75) is 75.7 Å². The van der Waals surface area contributed by atoms with Crippen LogP contribution in [0.1, 0.15) is 52.0 Å². The Morgan fingerprint density at radius 2 is 1.69 bits per heavy atom. The molecule has 2 aliphatic rings. The lowest BCUT2D eigenvalue weighted by molar-refractivity contribution is 0.247. The third-order valence-electron chi connectivity index (χ3n) is 5.42. The third kappa shape index (κ3) is 4.55. The van der Waals surface area contributed by atoms with Gasteiger partial charge in [0.1, 0.15) is 10.6 Å². The van der Waals surface area contributed by atoms with Crippen molar-refractivity contribution in [3.63, 3.8) is 0 Å². The molecule has 2 aliphatic heterocycles. The van der Waals surface area contributed by atoms with E-state index in [1.54, 1.807) is 0 Å². The molecule has 2 saturated heterocycles. The number of hydrogen-bond acceptors (Lipinski definition) is 3. The highest BCUT2D eigenvalue weighted by Gasteiger charge is 2.40. The lowest BCUT2D eigenvalue weighted by atomic mass is 9.83. The number of hydrogen-bond donors (Lipinski definition) is 2. The van der Waals surface area contributed by atoms with Crippen LogP contribution in [0.2, 0.25) is 0 Å². The number of benzene rings is 1. The molecule has 1 aromatic carbocycles. The largest absolute Gasteiger partial charge is 0.598 e. The van der Waals surface area contributed by atoms with Crippen molar-refractivity contribution >= 4 is 11.4 Å².